The Kier molecular flexibility index (Phi) is 4.58. The number of benzene rings is 1. The maximum atomic E-state index is 8.72. The minimum atomic E-state index is 0.599. The normalized spacial score (nSPS) is 13.7. The van der Waals surface area contributed by atoms with E-state index in [2.05, 4.69) is 21.6 Å². The van der Waals surface area contributed by atoms with Crippen LogP contribution in [0.4, 0.5) is 5.13 Å². The lowest BCUT2D eigenvalue weighted by Gasteiger charge is -2.04. The summed E-state index contributed by atoms with van der Waals surface area (Å²) in [4.78, 5) is 0. The molecule has 21 heavy (non-hydrogen) atoms. The van der Waals surface area contributed by atoms with Crippen LogP contribution in [0.1, 0.15) is 18.4 Å². The van der Waals surface area contributed by atoms with Crippen molar-refractivity contribution in [1.29, 1.82) is 5.26 Å². The number of aromatic nitrogens is 2. The molecule has 1 fully saturated rings. The Balaban J connectivity index is 1.39. The van der Waals surface area contributed by atoms with Crippen molar-refractivity contribution in [1.82, 2.24) is 10.2 Å². The zero-order chi connectivity index (χ0) is 14.5. The predicted molar refractivity (Wildman–Crippen MR) is 83.9 cm³/mol. The van der Waals surface area contributed by atoms with Gasteiger partial charge >= 0.3 is 0 Å². The van der Waals surface area contributed by atoms with Crippen molar-refractivity contribution in [3.63, 3.8) is 0 Å². The summed E-state index contributed by atoms with van der Waals surface area (Å²) in [7, 11) is 0. The van der Waals surface area contributed by atoms with Gasteiger partial charge in [0, 0.05) is 11.8 Å². The molecule has 108 valence electrons. The molecule has 0 saturated heterocycles. The third-order valence-electron chi connectivity index (χ3n) is 2.87. The Morgan fingerprint density at radius 3 is 2.86 bits per heavy atom. The van der Waals surface area contributed by atoms with Gasteiger partial charge in [-0.25, -0.2) is 0 Å². The van der Waals surface area contributed by atoms with Crippen LogP contribution in [0, 0.1) is 11.3 Å². The van der Waals surface area contributed by atoms with E-state index in [4.69, 9.17) is 10.00 Å². The molecule has 3 rings (SSSR count). The number of nitrogens with zero attached hydrogens (tertiary/aromatic N) is 3. The first kappa shape index (κ1) is 14.2. The molecule has 5 nitrogen and oxygen atoms in total. The highest BCUT2D eigenvalue weighted by Gasteiger charge is 2.22. The van der Waals surface area contributed by atoms with Gasteiger partial charge in [0.1, 0.15) is 5.75 Å². The fourth-order valence-electron chi connectivity index (χ4n) is 1.64. The molecule has 1 aliphatic rings. The van der Waals surface area contributed by atoms with Gasteiger partial charge in [0.25, 0.3) is 0 Å². The van der Waals surface area contributed by atoms with E-state index < -0.39 is 0 Å². The van der Waals surface area contributed by atoms with Crippen molar-refractivity contribution >= 4 is 28.2 Å². The summed E-state index contributed by atoms with van der Waals surface area (Å²) in [5.74, 6) is 1.60. The second-order valence-electron chi connectivity index (χ2n) is 4.62. The van der Waals surface area contributed by atoms with Crippen molar-refractivity contribution in [2.45, 2.75) is 23.2 Å². The average molecular weight is 318 g/mol. The summed E-state index contributed by atoms with van der Waals surface area (Å²) in [6, 6.07) is 9.82. The number of hydrogen-bond acceptors (Lipinski definition) is 7. The zero-order valence-corrected chi connectivity index (χ0v) is 12.9. The summed E-state index contributed by atoms with van der Waals surface area (Å²) in [5, 5.41) is 21.2. The zero-order valence-electron chi connectivity index (χ0n) is 11.3. The van der Waals surface area contributed by atoms with Gasteiger partial charge in [0.2, 0.25) is 5.13 Å². The molecule has 0 amide bonds. The monoisotopic (exact) mass is 318 g/mol. The summed E-state index contributed by atoms with van der Waals surface area (Å²) >= 11 is 3.23. The van der Waals surface area contributed by atoms with Crippen molar-refractivity contribution in [3.05, 3.63) is 29.8 Å². The standard InChI is InChI=1S/C14H14N4OS2/c15-9-10-1-5-12(6-2-10)19-7-8-20-14-18-17-13(21-14)16-11-3-4-11/h1-2,5-6,11H,3-4,7-8H2,(H,16,17). The fourth-order valence-corrected chi connectivity index (χ4v) is 3.36. The molecule has 7 heteroatoms. The molecule has 0 bridgehead atoms. The quantitative estimate of drug-likeness (QED) is 0.624. The molecule has 1 N–H and O–H groups in total. The van der Waals surface area contributed by atoms with Gasteiger partial charge in [-0.05, 0) is 37.1 Å². The lowest BCUT2D eigenvalue weighted by Crippen LogP contribution is -1.99. The SMILES string of the molecule is N#Cc1ccc(OCCSc2nnc(NC3CC3)s2)cc1. The predicted octanol–water partition coefficient (Wildman–Crippen LogP) is 3.16. The molecular weight excluding hydrogens is 304 g/mol. The molecule has 0 atom stereocenters. The van der Waals surface area contributed by atoms with Crippen LogP contribution < -0.4 is 10.1 Å². The molecule has 0 spiro atoms. The third-order valence-corrected chi connectivity index (χ3v) is 4.82. The maximum absolute atomic E-state index is 8.72. The van der Waals surface area contributed by atoms with Crippen LogP contribution in [0.15, 0.2) is 28.6 Å². The number of thioether (sulfide) groups is 1. The van der Waals surface area contributed by atoms with Crippen LogP contribution in [0.3, 0.4) is 0 Å². The van der Waals surface area contributed by atoms with E-state index in [9.17, 15) is 0 Å². The number of nitrogens with one attached hydrogen (secondary N) is 1. The van der Waals surface area contributed by atoms with Crippen LogP contribution in [0.2, 0.25) is 0 Å². The van der Waals surface area contributed by atoms with Gasteiger partial charge in [-0.2, -0.15) is 5.26 Å². The van der Waals surface area contributed by atoms with Gasteiger partial charge in [-0.3, -0.25) is 0 Å². The first-order chi connectivity index (χ1) is 10.3. The van der Waals surface area contributed by atoms with E-state index in [1.807, 2.05) is 12.1 Å². The fraction of sp³-hybridized carbons (Fsp3) is 0.357. The van der Waals surface area contributed by atoms with Gasteiger partial charge in [0.05, 0.1) is 18.2 Å². The van der Waals surface area contributed by atoms with Crippen molar-refractivity contribution in [2.75, 3.05) is 17.7 Å². The minimum absolute atomic E-state index is 0.599. The van der Waals surface area contributed by atoms with Crippen LogP contribution in [0.5, 0.6) is 5.75 Å². The highest BCUT2D eigenvalue weighted by atomic mass is 32.2. The van der Waals surface area contributed by atoms with Gasteiger partial charge < -0.3 is 10.1 Å². The van der Waals surface area contributed by atoms with E-state index in [0.717, 1.165) is 21.0 Å². The Hall–Kier alpha value is -1.78. The van der Waals surface area contributed by atoms with Crippen LogP contribution >= 0.6 is 23.1 Å². The van der Waals surface area contributed by atoms with E-state index >= 15 is 0 Å². The van der Waals surface area contributed by atoms with E-state index in [0.29, 0.717) is 18.2 Å². The Labute approximate surface area is 131 Å². The smallest absolute Gasteiger partial charge is 0.206 e. The molecule has 1 aromatic heterocycles. The molecule has 0 radical (unpaired) electrons. The Morgan fingerprint density at radius 1 is 1.33 bits per heavy atom. The molecule has 0 unspecified atom stereocenters. The number of anilines is 1. The highest BCUT2D eigenvalue weighted by Crippen LogP contribution is 2.30. The van der Waals surface area contributed by atoms with E-state index in [1.165, 1.54) is 12.8 Å². The molecule has 1 heterocycles. The third kappa shape index (κ3) is 4.34. The molecule has 1 aromatic carbocycles. The second kappa shape index (κ2) is 6.78. The van der Waals surface area contributed by atoms with E-state index in [-0.39, 0.29) is 0 Å². The molecule has 0 aliphatic heterocycles. The summed E-state index contributed by atoms with van der Waals surface area (Å²) < 4.78 is 6.58. The highest BCUT2D eigenvalue weighted by molar-refractivity contribution is 8.01. The number of nitriles is 1. The van der Waals surface area contributed by atoms with Crippen molar-refractivity contribution < 1.29 is 4.74 Å². The number of ether oxygens (including phenoxy) is 1. The first-order valence-corrected chi connectivity index (χ1v) is 8.49. The van der Waals surface area contributed by atoms with Gasteiger partial charge in [0.15, 0.2) is 4.34 Å². The second-order valence-corrected chi connectivity index (χ2v) is 6.94. The first-order valence-electron chi connectivity index (χ1n) is 6.69. The van der Waals surface area contributed by atoms with Crippen LogP contribution in [0.25, 0.3) is 0 Å². The van der Waals surface area contributed by atoms with Gasteiger partial charge in [-0.15, -0.1) is 10.2 Å². The van der Waals surface area contributed by atoms with Crippen molar-refractivity contribution in [3.8, 4) is 11.8 Å². The number of hydrogen-bond donors (Lipinski definition) is 1. The topological polar surface area (TPSA) is 70.8 Å². The molecule has 2 aromatic rings. The molecule has 1 aliphatic carbocycles. The lowest BCUT2D eigenvalue weighted by atomic mass is 10.2. The maximum Gasteiger partial charge on any atom is 0.206 e. The van der Waals surface area contributed by atoms with Crippen LogP contribution in [-0.2, 0) is 0 Å². The summed E-state index contributed by atoms with van der Waals surface area (Å²) in [6.45, 7) is 0.599. The summed E-state index contributed by atoms with van der Waals surface area (Å²) in [6.07, 6.45) is 2.47. The Bertz CT molecular complexity index is 631. The molecular formula is C14H14N4OS2. The minimum Gasteiger partial charge on any atom is -0.493 e. The van der Waals surface area contributed by atoms with Gasteiger partial charge in [-0.1, -0.05) is 23.1 Å². The average Bonchev–Trinajstić information content (AvgIpc) is 3.22. The lowest BCUT2D eigenvalue weighted by molar-refractivity contribution is 0.344. The van der Waals surface area contributed by atoms with Crippen molar-refractivity contribution in [2.24, 2.45) is 0 Å². The largest absolute Gasteiger partial charge is 0.493 e. The Morgan fingerprint density at radius 2 is 2.14 bits per heavy atom. The number of rotatable bonds is 7. The van der Waals surface area contributed by atoms with E-state index in [1.54, 1.807) is 35.2 Å². The van der Waals surface area contributed by atoms with Crippen LogP contribution in [-0.4, -0.2) is 28.6 Å². The summed E-state index contributed by atoms with van der Waals surface area (Å²) in [5.41, 5.74) is 0.640. The molecule has 1 saturated carbocycles.